The second kappa shape index (κ2) is 9.40. The number of aryl methyl sites for hydroxylation is 2. The fourth-order valence-electron chi connectivity index (χ4n) is 2.77. The number of rotatable bonds is 7. The summed E-state index contributed by atoms with van der Waals surface area (Å²) >= 11 is 12.0. The van der Waals surface area contributed by atoms with Crippen LogP contribution in [0.1, 0.15) is 16.7 Å². The number of amides is 1. The molecule has 3 rings (SSSR count). The summed E-state index contributed by atoms with van der Waals surface area (Å²) in [5.74, 6) is 0.383. The maximum absolute atomic E-state index is 10.9. The number of nitrogens with two attached hydrogens (primary N) is 1. The number of carboxylic acid groups (broad SMARTS) is 1. The lowest BCUT2D eigenvalue weighted by atomic mass is 9.99. The summed E-state index contributed by atoms with van der Waals surface area (Å²) in [5, 5.41) is 14.8. The predicted octanol–water partition coefficient (Wildman–Crippen LogP) is 4.06. The van der Waals surface area contributed by atoms with E-state index in [1.54, 1.807) is 12.4 Å². The van der Waals surface area contributed by atoms with Crippen molar-refractivity contribution < 1.29 is 9.90 Å². The molecule has 150 valence electrons. The Labute approximate surface area is 177 Å². The van der Waals surface area contributed by atoms with Crippen molar-refractivity contribution in [1.82, 2.24) is 20.3 Å². The third kappa shape index (κ3) is 5.94. The number of halogens is 2. The molecule has 0 radical (unpaired) electrons. The number of aromatic nitrogens is 3. The highest BCUT2D eigenvalue weighted by Gasteiger charge is 2.10. The maximum atomic E-state index is 10.9. The molecule has 3 aromatic rings. The van der Waals surface area contributed by atoms with Crippen molar-refractivity contribution in [3.63, 3.8) is 0 Å². The molecule has 0 saturated heterocycles. The number of hydrogen-bond donors (Lipinski definition) is 4. The number of hydrogen-bond acceptors (Lipinski definition) is 6. The van der Waals surface area contributed by atoms with Gasteiger partial charge in [-0.1, -0.05) is 17.7 Å². The number of benzene rings is 1. The van der Waals surface area contributed by atoms with Crippen molar-refractivity contribution in [3.05, 3.63) is 69.9 Å². The maximum Gasteiger partial charge on any atom is 0.404 e. The predicted molar refractivity (Wildman–Crippen MR) is 113 cm³/mol. The second-order valence-corrected chi connectivity index (χ2v) is 6.97. The van der Waals surface area contributed by atoms with Crippen LogP contribution in [-0.2, 0) is 19.4 Å². The van der Waals surface area contributed by atoms with E-state index in [1.807, 2.05) is 24.3 Å². The van der Waals surface area contributed by atoms with E-state index in [0.717, 1.165) is 22.4 Å². The first-order valence-electron chi connectivity index (χ1n) is 8.64. The molecule has 0 spiro atoms. The molecular formula is C19H18Cl2N6O2. The molecule has 29 heavy (non-hydrogen) atoms. The van der Waals surface area contributed by atoms with Gasteiger partial charge in [0.2, 0.25) is 5.28 Å². The van der Waals surface area contributed by atoms with Crippen LogP contribution in [0.4, 0.5) is 22.0 Å². The zero-order chi connectivity index (χ0) is 20.8. The molecule has 0 bridgehead atoms. The molecule has 0 unspecified atom stereocenters. The lowest BCUT2D eigenvalue weighted by Gasteiger charge is -2.14. The minimum Gasteiger partial charge on any atom is -0.465 e. The van der Waals surface area contributed by atoms with Gasteiger partial charge in [-0.15, -0.1) is 0 Å². The van der Waals surface area contributed by atoms with Crippen LogP contribution in [0.3, 0.4) is 0 Å². The third-order valence-corrected chi connectivity index (χ3v) is 4.57. The summed E-state index contributed by atoms with van der Waals surface area (Å²) in [6.07, 6.45) is 5.04. The van der Waals surface area contributed by atoms with Crippen molar-refractivity contribution in [3.8, 4) is 0 Å². The van der Waals surface area contributed by atoms with Gasteiger partial charge in [-0.2, -0.15) is 4.98 Å². The van der Waals surface area contributed by atoms with Gasteiger partial charge in [0.15, 0.2) is 5.82 Å². The smallest absolute Gasteiger partial charge is 0.404 e. The average Bonchev–Trinajstić information content (AvgIpc) is 2.68. The van der Waals surface area contributed by atoms with Gasteiger partial charge in [0.1, 0.15) is 5.02 Å². The Morgan fingerprint density at radius 3 is 2.69 bits per heavy atom. The van der Waals surface area contributed by atoms with Crippen LogP contribution in [0, 0.1) is 0 Å². The van der Waals surface area contributed by atoms with Crippen LogP contribution in [0.15, 0.2) is 42.9 Å². The van der Waals surface area contributed by atoms with Crippen molar-refractivity contribution in [2.75, 3.05) is 11.1 Å². The molecule has 0 aliphatic rings. The van der Waals surface area contributed by atoms with Gasteiger partial charge >= 0.3 is 6.09 Å². The number of carbonyl (C=O) groups is 1. The Morgan fingerprint density at radius 1 is 1.10 bits per heavy atom. The molecule has 2 aromatic heterocycles. The molecule has 1 aromatic carbocycles. The highest BCUT2D eigenvalue weighted by Crippen LogP contribution is 2.26. The topological polar surface area (TPSA) is 126 Å². The molecule has 10 heteroatoms. The standard InChI is InChI=1S/C19H18Cl2N6O2/c20-16-10-24-18(21)27-17(16)26-15-4-3-13(8-25-19(28)29)12(6-15)2-1-11-5-14(22)9-23-7-11/h3-7,9-10,25H,1-2,8,22H2,(H,28,29)(H,24,26,27). The van der Waals surface area contributed by atoms with E-state index in [4.69, 9.17) is 34.0 Å². The Balaban J connectivity index is 1.84. The number of nitrogen functional groups attached to an aromatic ring is 1. The van der Waals surface area contributed by atoms with Gasteiger partial charge < -0.3 is 21.5 Å². The fraction of sp³-hybridized carbons (Fsp3) is 0.158. The first kappa shape index (κ1) is 20.6. The molecular weight excluding hydrogens is 415 g/mol. The number of anilines is 3. The highest BCUT2D eigenvalue weighted by atomic mass is 35.5. The molecule has 0 fully saturated rings. The Morgan fingerprint density at radius 2 is 1.93 bits per heavy atom. The molecule has 5 N–H and O–H groups in total. The SMILES string of the molecule is Nc1cncc(CCc2cc(Nc3nc(Cl)ncc3Cl)ccc2CNC(=O)O)c1. The van der Waals surface area contributed by atoms with E-state index in [0.29, 0.717) is 29.4 Å². The Hall–Kier alpha value is -3.10. The minimum atomic E-state index is -1.08. The monoisotopic (exact) mass is 432 g/mol. The summed E-state index contributed by atoms with van der Waals surface area (Å²) in [7, 11) is 0. The van der Waals surface area contributed by atoms with E-state index in [1.165, 1.54) is 6.20 Å². The van der Waals surface area contributed by atoms with Crippen LogP contribution >= 0.6 is 23.2 Å². The average molecular weight is 433 g/mol. The van der Waals surface area contributed by atoms with Crippen molar-refractivity contribution in [2.24, 2.45) is 0 Å². The summed E-state index contributed by atoms with van der Waals surface area (Å²) in [6.45, 7) is 0.195. The molecule has 0 aliphatic carbocycles. The first-order valence-corrected chi connectivity index (χ1v) is 9.39. The van der Waals surface area contributed by atoms with Crippen LogP contribution in [0.2, 0.25) is 10.3 Å². The molecule has 0 aliphatic heterocycles. The fourth-order valence-corrected chi connectivity index (χ4v) is 3.04. The second-order valence-electron chi connectivity index (χ2n) is 6.23. The number of pyridine rings is 1. The third-order valence-electron chi connectivity index (χ3n) is 4.11. The van der Waals surface area contributed by atoms with Gasteiger partial charge in [0.05, 0.1) is 11.9 Å². The summed E-state index contributed by atoms with van der Waals surface area (Å²) in [4.78, 5) is 22.9. The van der Waals surface area contributed by atoms with Gasteiger partial charge in [0, 0.05) is 24.6 Å². The largest absolute Gasteiger partial charge is 0.465 e. The number of nitrogens with zero attached hydrogens (tertiary/aromatic N) is 3. The minimum absolute atomic E-state index is 0.0774. The normalized spacial score (nSPS) is 10.6. The van der Waals surface area contributed by atoms with Gasteiger partial charge in [-0.25, -0.2) is 9.78 Å². The molecule has 2 heterocycles. The van der Waals surface area contributed by atoms with E-state index in [2.05, 4.69) is 25.6 Å². The van der Waals surface area contributed by atoms with E-state index in [9.17, 15) is 4.79 Å². The van der Waals surface area contributed by atoms with Crippen LogP contribution in [0.5, 0.6) is 0 Å². The molecule has 0 saturated carbocycles. The summed E-state index contributed by atoms with van der Waals surface area (Å²) < 4.78 is 0. The molecule has 8 nitrogen and oxygen atoms in total. The van der Waals surface area contributed by atoms with Crippen molar-refractivity contribution in [2.45, 2.75) is 19.4 Å². The summed E-state index contributed by atoms with van der Waals surface area (Å²) in [6, 6.07) is 7.45. The zero-order valence-electron chi connectivity index (χ0n) is 15.2. The van der Waals surface area contributed by atoms with E-state index < -0.39 is 6.09 Å². The van der Waals surface area contributed by atoms with Gasteiger partial charge in [-0.3, -0.25) is 4.98 Å². The van der Waals surface area contributed by atoms with Gasteiger partial charge in [-0.05, 0) is 59.3 Å². The highest BCUT2D eigenvalue weighted by molar-refractivity contribution is 6.33. The van der Waals surface area contributed by atoms with Crippen LogP contribution < -0.4 is 16.4 Å². The Bertz CT molecular complexity index is 1030. The van der Waals surface area contributed by atoms with E-state index >= 15 is 0 Å². The molecule has 0 atom stereocenters. The first-order chi connectivity index (χ1) is 13.9. The van der Waals surface area contributed by atoms with Crippen molar-refractivity contribution in [1.29, 1.82) is 0 Å². The zero-order valence-corrected chi connectivity index (χ0v) is 16.7. The van der Waals surface area contributed by atoms with Crippen LogP contribution in [-0.4, -0.2) is 26.2 Å². The van der Waals surface area contributed by atoms with Gasteiger partial charge in [0.25, 0.3) is 0 Å². The van der Waals surface area contributed by atoms with E-state index in [-0.39, 0.29) is 11.8 Å². The van der Waals surface area contributed by atoms with Crippen LogP contribution in [0.25, 0.3) is 0 Å². The molecule has 1 amide bonds. The van der Waals surface area contributed by atoms with Crippen molar-refractivity contribution >= 4 is 46.5 Å². The lowest BCUT2D eigenvalue weighted by Crippen LogP contribution is -2.21. The quantitative estimate of drug-likeness (QED) is 0.414. The Kier molecular flexibility index (Phi) is 6.69. The summed E-state index contributed by atoms with van der Waals surface area (Å²) in [5.41, 5.74) is 9.94. The lowest BCUT2D eigenvalue weighted by molar-refractivity contribution is 0.194. The number of nitrogens with one attached hydrogen (secondary N) is 2.